The molecule has 1 amide bonds. The monoisotopic (exact) mass is 482 g/mol. The maximum Gasteiger partial charge on any atom is 0.264 e. The lowest BCUT2D eigenvalue weighted by molar-refractivity contribution is -0.114. The van der Waals surface area contributed by atoms with Crippen molar-refractivity contribution in [1.29, 1.82) is 0 Å². The first kappa shape index (κ1) is 22.6. The molecule has 0 bridgehead atoms. The summed E-state index contributed by atoms with van der Waals surface area (Å²) >= 11 is 1.15. The molecule has 168 valence electrons. The van der Waals surface area contributed by atoms with Crippen molar-refractivity contribution >= 4 is 38.1 Å². The summed E-state index contributed by atoms with van der Waals surface area (Å²) < 4.78 is 42.0. The van der Waals surface area contributed by atoms with Crippen LogP contribution in [0.25, 0.3) is 10.6 Å². The molecule has 0 aliphatic heterocycles. The molecule has 0 unspecified atom stereocenters. The van der Waals surface area contributed by atoms with Crippen molar-refractivity contribution in [1.82, 2.24) is 10.2 Å². The average molecular weight is 483 g/mol. The normalized spacial score (nSPS) is 11.2. The van der Waals surface area contributed by atoms with Gasteiger partial charge in [0.1, 0.15) is 17.4 Å². The topological polar surface area (TPSA) is 92.3 Å². The highest BCUT2D eigenvalue weighted by atomic mass is 32.2. The third-order valence-electron chi connectivity index (χ3n) is 4.71. The van der Waals surface area contributed by atoms with E-state index in [1.807, 2.05) is 37.3 Å². The molecule has 4 aromatic rings. The molecule has 33 heavy (non-hydrogen) atoms. The Bertz CT molecular complexity index is 1370. The van der Waals surface area contributed by atoms with Crippen molar-refractivity contribution in [3.63, 3.8) is 0 Å². The number of rotatable bonds is 7. The van der Waals surface area contributed by atoms with Crippen molar-refractivity contribution in [3.05, 3.63) is 90.2 Å². The first-order valence-corrected chi connectivity index (χ1v) is 12.1. The zero-order valence-corrected chi connectivity index (χ0v) is 19.1. The van der Waals surface area contributed by atoms with Crippen LogP contribution in [0.4, 0.5) is 15.2 Å². The number of carbonyl (C=O) groups is 1. The molecule has 10 heteroatoms. The summed E-state index contributed by atoms with van der Waals surface area (Å²) in [6, 6.07) is 20.8. The van der Waals surface area contributed by atoms with Crippen LogP contribution in [-0.4, -0.2) is 31.1 Å². The van der Waals surface area contributed by atoms with Gasteiger partial charge in [0.15, 0.2) is 0 Å². The lowest BCUT2D eigenvalue weighted by Crippen LogP contribution is -2.38. The Morgan fingerprint density at radius 1 is 0.970 bits per heavy atom. The van der Waals surface area contributed by atoms with Gasteiger partial charge in [-0.1, -0.05) is 71.5 Å². The van der Waals surface area contributed by atoms with Crippen LogP contribution in [0.2, 0.25) is 0 Å². The molecule has 3 aromatic carbocycles. The number of aryl methyl sites for hydroxylation is 1. The SMILES string of the molecule is Cc1ccc(S(=O)(=O)N(CC(=O)Nc2nnc(-c3ccccc3)s2)c2ccccc2F)cc1. The average Bonchev–Trinajstić information content (AvgIpc) is 3.27. The molecule has 0 atom stereocenters. The smallest absolute Gasteiger partial charge is 0.264 e. The summed E-state index contributed by atoms with van der Waals surface area (Å²) in [5.74, 6) is -1.44. The number of halogens is 1. The Balaban J connectivity index is 1.61. The van der Waals surface area contributed by atoms with Gasteiger partial charge < -0.3 is 0 Å². The second-order valence-electron chi connectivity index (χ2n) is 7.10. The summed E-state index contributed by atoms with van der Waals surface area (Å²) in [4.78, 5) is 12.7. The number of amides is 1. The predicted molar refractivity (Wildman–Crippen MR) is 126 cm³/mol. The van der Waals surface area contributed by atoms with Crippen LogP contribution in [0.3, 0.4) is 0 Å². The lowest BCUT2D eigenvalue weighted by Gasteiger charge is -2.24. The molecule has 1 heterocycles. The fourth-order valence-electron chi connectivity index (χ4n) is 3.05. The van der Waals surface area contributed by atoms with Crippen LogP contribution < -0.4 is 9.62 Å². The Morgan fingerprint density at radius 2 is 1.64 bits per heavy atom. The number of aromatic nitrogens is 2. The van der Waals surface area contributed by atoms with E-state index >= 15 is 0 Å². The van der Waals surface area contributed by atoms with Crippen molar-refractivity contribution < 1.29 is 17.6 Å². The minimum atomic E-state index is -4.22. The van der Waals surface area contributed by atoms with E-state index in [1.54, 1.807) is 12.1 Å². The highest BCUT2D eigenvalue weighted by molar-refractivity contribution is 7.92. The van der Waals surface area contributed by atoms with Crippen LogP contribution in [0.5, 0.6) is 0 Å². The van der Waals surface area contributed by atoms with Crippen LogP contribution in [0.1, 0.15) is 5.56 Å². The third-order valence-corrected chi connectivity index (χ3v) is 7.37. The zero-order chi connectivity index (χ0) is 23.4. The predicted octanol–water partition coefficient (Wildman–Crippen LogP) is 4.49. The second kappa shape index (κ2) is 9.47. The standard InChI is InChI=1S/C23H19FN4O3S2/c1-16-11-13-18(14-12-16)33(30,31)28(20-10-6-5-9-19(20)24)15-21(29)25-23-27-26-22(32-23)17-7-3-2-4-8-17/h2-14H,15H2,1H3,(H,25,27,29). The van der Waals surface area contributed by atoms with Gasteiger partial charge in [0.2, 0.25) is 11.0 Å². The van der Waals surface area contributed by atoms with Gasteiger partial charge in [-0.2, -0.15) is 0 Å². The summed E-state index contributed by atoms with van der Waals surface area (Å²) in [6.07, 6.45) is 0. The van der Waals surface area contributed by atoms with Crippen molar-refractivity contribution in [3.8, 4) is 10.6 Å². The first-order valence-electron chi connectivity index (χ1n) is 9.87. The van der Waals surface area contributed by atoms with E-state index < -0.39 is 28.3 Å². The minimum absolute atomic E-state index is 0.0496. The quantitative estimate of drug-likeness (QED) is 0.419. The lowest BCUT2D eigenvalue weighted by atomic mass is 10.2. The van der Waals surface area contributed by atoms with Gasteiger partial charge in [-0.25, -0.2) is 12.8 Å². The second-order valence-corrected chi connectivity index (χ2v) is 9.94. The fraction of sp³-hybridized carbons (Fsp3) is 0.0870. The van der Waals surface area contributed by atoms with E-state index in [9.17, 15) is 17.6 Å². The molecule has 1 N–H and O–H groups in total. The zero-order valence-electron chi connectivity index (χ0n) is 17.5. The summed E-state index contributed by atoms with van der Waals surface area (Å²) in [5.41, 5.74) is 1.48. The molecule has 0 spiro atoms. The van der Waals surface area contributed by atoms with Crippen molar-refractivity contribution in [2.24, 2.45) is 0 Å². The van der Waals surface area contributed by atoms with Crippen LogP contribution in [-0.2, 0) is 14.8 Å². The van der Waals surface area contributed by atoms with Crippen molar-refractivity contribution in [2.75, 3.05) is 16.2 Å². The van der Waals surface area contributed by atoms with Crippen LogP contribution in [0.15, 0.2) is 83.8 Å². The van der Waals surface area contributed by atoms with Gasteiger partial charge in [-0.3, -0.25) is 14.4 Å². The maximum atomic E-state index is 14.6. The highest BCUT2D eigenvalue weighted by Gasteiger charge is 2.29. The number of hydrogen-bond acceptors (Lipinski definition) is 6. The van der Waals surface area contributed by atoms with Crippen molar-refractivity contribution in [2.45, 2.75) is 11.8 Å². The van der Waals surface area contributed by atoms with E-state index in [-0.39, 0.29) is 15.7 Å². The van der Waals surface area contributed by atoms with Crippen LogP contribution in [0, 0.1) is 12.7 Å². The number of sulfonamides is 1. The number of nitrogens with zero attached hydrogens (tertiary/aromatic N) is 3. The molecule has 0 aliphatic rings. The number of benzene rings is 3. The number of hydrogen-bond donors (Lipinski definition) is 1. The third kappa shape index (κ3) is 5.07. The summed E-state index contributed by atoms with van der Waals surface area (Å²) in [5, 5.41) is 11.4. The molecule has 0 fully saturated rings. The number of anilines is 2. The fourth-order valence-corrected chi connectivity index (χ4v) is 5.25. The number of para-hydroxylation sites is 1. The Labute approximate surface area is 194 Å². The Morgan fingerprint density at radius 3 is 2.33 bits per heavy atom. The molecule has 0 aliphatic carbocycles. The largest absolute Gasteiger partial charge is 0.299 e. The Kier molecular flexibility index (Phi) is 6.47. The van der Waals surface area contributed by atoms with Gasteiger partial charge in [-0.15, -0.1) is 10.2 Å². The summed E-state index contributed by atoms with van der Waals surface area (Å²) in [7, 11) is -4.22. The molecule has 0 saturated heterocycles. The van der Waals surface area contributed by atoms with E-state index in [0.717, 1.165) is 32.8 Å². The van der Waals surface area contributed by atoms with E-state index in [4.69, 9.17) is 0 Å². The Hall–Kier alpha value is -3.63. The van der Waals surface area contributed by atoms with Gasteiger partial charge in [-0.05, 0) is 31.2 Å². The molecular weight excluding hydrogens is 463 g/mol. The molecule has 0 saturated carbocycles. The van der Waals surface area contributed by atoms with E-state index in [2.05, 4.69) is 15.5 Å². The highest BCUT2D eigenvalue weighted by Crippen LogP contribution is 2.28. The number of carbonyl (C=O) groups excluding carboxylic acids is 1. The minimum Gasteiger partial charge on any atom is -0.299 e. The molecule has 0 radical (unpaired) electrons. The molecule has 7 nitrogen and oxygen atoms in total. The van der Waals surface area contributed by atoms with E-state index in [0.29, 0.717) is 5.01 Å². The maximum absolute atomic E-state index is 14.6. The van der Waals surface area contributed by atoms with E-state index in [1.165, 1.54) is 30.3 Å². The molecule has 4 rings (SSSR count). The van der Waals surface area contributed by atoms with Gasteiger partial charge >= 0.3 is 0 Å². The first-order chi connectivity index (χ1) is 15.8. The van der Waals surface area contributed by atoms with Crippen LogP contribution >= 0.6 is 11.3 Å². The van der Waals surface area contributed by atoms with Gasteiger partial charge in [0.25, 0.3) is 10.0 Å². The molecule has 1 aromatic heterocycles. The van der Waals surface area contributed by atoms with Gasteiger partial charge in [0, 0.05) is 5.56 Å². The number of nitrogens with one attached hydrogen (secondary N) is 1. The van der Waals surface area contributed by atoms with Gasteiger partial charge in [0.05, 0.1) is 10.6 Å². The molecular formula is C23H19FN4O3S2. The summed E-state index contributed by atoms with van der Waals surface area (Å²) in [6.45, 7) is 1.18.